The molecule has 1 aliphatic carbocycles. The van der Waals surface area contributed by atoms with Gasteiger partial charge in [-0.1, -0.05) is 170 Å². The first-order chi connectivity index (χ1) is 27.8. The van der Waals surface area contributed by atoms with E-state index in [4.69, 9.17) is 15.0 Å². The van der Waals surface area contributed by atoms with Gasteiger partial charge in [-0.3, -0.25) is 0 Å². The molecule has 2 aliphatic rings. The Morgan fingerprint density at radius 1 is 0.304 bits per heavy atom. The quantitative estimate of drug-likeness (QED) is 0.178. The summed E-state index contributed by atoms with van der Waals surface area (Å²) in [5.41, 5.74) is 15.7. The molecule has 9 aromatic rings. The molecule has 1 aliphatic heterocycles. The van der Waals surface area contributed by atoms with Gasteiger partial charge >= 0.3 is 0 Å². The standard InChI is InChI=1S/C52H34N4/c1-4-17-35(18-5-1)49-53-50(36-19-6-2-7-20-36)55-51(54-49)39-22-16-21-37(33-39)38-31-32-48-46(34-38)52(43-27-12-10-25-41(43)42-26-11-13-28-44(42)52)45-29-14-15-30-47(45)56(48)40-23-8-3-9-24-40/h1-34H. The third-order valence-electron chi connectivity index (χ3n) is 11.3. The molecule has 0 saturated carbocycles. The number of nitrogens with zero attached hydrogens (tertiary/aromatic N) is 4. The lowest BCUT2D eigenvalue weighted by molar-refractivity contribution is 0.753. The van der Waals surface area contributed by atoms with Gasteiger partial charge in [0, 0.05) is 22.4 Å². The SMILES string of the molecule is c1ccc(-c2nc(-c3ccccc3)nc(-c3cccc(-c4ccc5c(c4)C4(c6ccccc6-c6ccccc64)c4ccccc4N5c4ccccc4)c3)n2)cc1. The molecule has 0 amide bonds. The van der Waals surface area contributed by atoms with Crippen LogP contribution < -0.4 is 4.90 Å². The van der Waals surface area contributed by atoms with Crippen molar-refractivity contribution in [1.29, 1.82) is 0 Å². The first-order valence-corrected chi connectivity index (χ1v) is 19.0. The number of rotatable bonds is 5. The topological polar surface area (TPSA) is 41.9 Å². The highest BCUT2D eigenvalue weighted by molar-refractivity contribution is 5.96. The molecule has 0 unspecified atom stereocenters. The fraction of sp³-hybridized carbons (Fsp3) is 0.0192. The molecule has 1 spiro atoms. The minimum atomic E-state index is -0.526. The van der Waals surface area contributed by atoms with Crippen LogP contribution >= 0.6 is 0 Å². The van der Waals surface area contributed by atoms with Crippen LogP contribution in [0, 0.1) is 0 Å². The summed E-state index contributed by atoms with van der Waals surface area (Å²) in [6.45, 7) is 0. The van der Waals surface area contributed by atoms with Gasteiger partial charge in [-0.2, -0.15) is 0 Å². The van der Waals surface area contributed by atoms with E-state index in [1.165, 1.54) is 44.8 Å². The summed E-state index contributed by atoms with van der Waals surface area (Å²) in [5, 5.41) is 0. The van der Waals surface area contributed by atoms with Crippen LogP contribution in [0.3, 0.4) is 0 Å². The molecule has 262 valence electrons. The Hall–Kier alpha value is -7.43. The van der Waals surface area contributed by atoms with Crippen LogP contribution in [0.5, 0.6) is 0 Å². The van der Waals surface area contributed by atoms with Crippen molar-refractivity contribution in [3.8, 4) is 56.4 Å². The Bertz CT molecular complexity index is 2820. The van der Waals surface area contributed by atoms with Crippen LogP contribution in [0.1, 0.15) is 22.3 Å². The molecule has 2 heterocycles. The molecular weight excluding hydrogens is 681 g/mol. The van der Waals surface area contributed by atoms with E-state index in [2.05, 4.69) is 150 Å². The number of fused-ring (bicyclic) bond motifs is 9. The number of aromatic nitrogens is 3. The van der Waals surface area contributed by atoms with Crippen LogP contribution in [-0.2, 0) is 5.41 Å². The van der Waals surface area contributed by atoms with Crippen molar-refractivity contribution in [2.75, 3.05) is 4.90 Å². The van der Waals surface area contributed by atoms with Gasteiger partial charge in [0.2, 0.25) is 0 Å². The van der Waals surface area contributed by atoms with Gasteiger partial charge in [-0.15, -0.1) is 0 Å². The minimum absolute atomic E-state index is 0.526. The van der Waals surface area contributed by atoms with Crippen molar-refractivity contribution in [3.63, 3.8) is 0 Å². The second-order valence-electron chi connectivity index (χ2n) is 14.4. The number of hydrogen-bond donors (Lipinski definition) is 0. The van der Waals surface area contributed by atoms with Crippen LogP contribution in [0.25, 0.3) is 56.4 Å². The van der Waals surface area contributed by atoms with Gasteiger partial charge in [-0.25, -0.2) is 15.0 Å². The van der Waals surface area contributed by atoms with Crippen molar-refractivity contribution >= 4 is 17.1 Å². The van der Waals surface area contributed by atoms with Gasteiger partial charge in [-0.05, 0) is 80.9 Å². The van der Waals surface area contributed by atoms with Crippen molar-refractivity contribution in [2.24, 2.45) is 0 Å². The third-order valence-corrected chi connectivity index (χ3v) is 11.3. The van der Waals surface area contributed by atoms with Gasteiger partial charge in [0.15, 0.2) is 17.5 Å². The molecule has 0 fully saturated rings. The summed E-state index contributed by atoms with van der Waals surface area (Å²) in [5.74, 6) is 1.93. The van der Waals surface area contributed by atoms with Crippen molar-refractivity contribution in [3.05, 3.63) is 229 Å². The summed E-state index contributed by atoms with van der Waals surface area (Å²) in [4.78, 5) is 17.5. The smallest absolute Gasteiger partial charge is 0.164 e. The average Bonchev–Trinajstić information content (AvgIpc) is 3.58. The maximum atomic E-state index is 5.05. The third kappa shape index (κ3) is 4.89. The normalized spacial score (nSPS) is 13.1. The number of benzene rings is 8. The fourth-order valence-corrected chi connectivity index (χ4v) is 8.92. The second kappa shape index (κ2) is 12.9. The van der Waals surface area contributed by atoms with Gasteiger partial charge in [0.25, 0.3) is 0 Å². The molecule has 0 N–H and O–H groups in total. The molecule has 0 bridgehead atoms. The molecule has 0 radical (unpaired) electrons. The summed E-state index contributed by atoms with van der Waals surface area (Å²) in [7, 11) is 0. The van der Waals surface area contributed by atoms with Crippen molar-refractivity contribution in [1.82, 2.24) is 15.0 Å². The van der Waals surface area contributed by atoms with E-state index in [9.17, 15) is 0 Å². The molecule has 4 heteroatoms. The van der Waals surface area contributed by atoms with Gasteiger partial charge < -0.3 is 4.90 Å². The predicted molar refractivity (Wildman–Crippen MR) is 227 cm³/mol. The van der Waals surface area contributed by atoms with Crippen molar-refractivity contribution in [2.45, 2.75) is 5.41 Å². The van der Waals surface area contributed by atoms with Crippen LogP contribution in [0.2, 0.25) is 0 Å². The van der Waals surface area contributed by atoms with Crippen LogP contribution in [0.15, 0.2) is 206 Å². The first-order valence-electron chi connectivity index (χ1n) is 19.0. The zero-order valence-electron chi connectivity index (χ0n) is 30.4. The maximum Gasteiger partial charge on any atom is 0.164 e. The summed E-state index contributed by atoms with van der Waals surface area (Å²) in [6, 6.07) is 73.5. The van der Waals surface area contributed by atoms with E-state index in [1.807, 2.05) is 60.7 Å². The zero-order chi connectivity index (χ0) is 37.1. The highest BCUT2D eigenvalue weighted by Crippen LogP contribution is 2.63. The largest absolute Gasteiger partial charge is 0.310 e. The van der Waals surface area contributed by atoms with Crippen LogP contribution in [0.4, 0.5) is 17.1 Å². The lowest BCUT2D eigenvalue weighted by atomic mass is 9.64. The Labute approximate surface area is 326 Å². The van der Waals surface area contributed by atoms with E-state index in [0.29, 0.717) is 17.5 Å². The summed E-state index contributed by atoms with van der Waals surface area (Å²) >= 11 is 0. The molecule has 11 rings (SSSR count). The maximum absolute atomic E-state index is 5.05. The number of hydrogen-bond acceptors (Lipinski definition) is 4. The zero-order valence-corrected chi connectivity index (χ0v) is 30.4. The van der Waals surface area contributed by atoms with E-state index in [-0.39, 0.29) is 0 Å². The predicted octanol–water partition coefficient (Wildman–Crippen LogP) is 12.7. The average molecular weight is 715 g/mol. The van der Waals surface area contributed by atoms with E-state index < -0.39 is 5.41 Å². The van der Waals surface area contributed by atoms with E-state index in [1.54, 1.807) is 0 Å². The van der Waals surface area contributed by atoms with Gasteiger partial charge in [0.05, 0.1) is 16.8 Å². The highest BCUT2D eigenvalue weighted by atomic mass is 15.2. The second-order valence-corrected chi connectivity index (χ2v) is 14.4. The van der Waals surface area contributed by atoms with Gasteiger partial charge in [0.1, 0.15) is 0 Å². The molecule has 1 aromatic heterocycles. The number of para-hydroxylation sites is 2. The summed E-state index contributed by atoms with van der Waals surface area (Å²) in [6.07, 6.45) is 0. The number of anilines is 3. The first kappa shape index (κ1) is 32.0. The van der Waals surface area contributed by atoms with Crippen molar-refractivity contribution < 1.29 is 0 Å². The summed E-state index contributed by atoms with van der Waals surface area (Å²) < 4.78 is 0. The Kier molecular flexibility index (Phi) is 7.36. The lowest BCUT2D eigenvalue weighted by Crippen LogP contribution is -2.36. The van der Waals surface area contributed by atoms with Crippen LogP contribution in [-0.4, -0.2) is 15.0 Å². The molecule has 0 atom stereocenters. The Balaban J connectivity index is 1.14. The molecular formula is C52H34N4. The molecule has 56 heavy (non-hydrogen) atoms. The van der Waals surface area contributed by atoms with E-state index in [0.717, 1.165) is 33.5 Å². The Morgan fingerprint density at radius 2 is 0.750 bits per heavy atom. The van der Waals surface area contributed by atoms with E-state index >= 15 is 0 Å². The molecule has 8 aromatic carbocycles. The lowest BCUT2D eigenvalue weighted by Gasteiger charge is -2.45. The Morgan fingerprint density at radius 3 is 1.38 bits per heavy atom. The monoisotopic (exact) mass is 714 g/mol. The highest BCUT2D eigenvalue weighted by Gasteiger charge is 2.51. The molecule has 4 nitrogen and oxygen atoms in total. The minimum Gasteiger partial charge on any atom is -0.310 e. The molecule has 0 saturated heterocycles. The fourth-order valence-electron chi connectivity index (χ4n) is 8.92.